The first-order chi connectivity index (χ1) is 7.67. The molecule has 1 atom stereocenters. The summed E-state index contributed by atoms with van der Waals surface area (Å²) in [4.78, 5) is 0. The van der Waals surface area contributed by atoms with Gasteiger partial charge in [0.15, 0.2) is 5.11 Å². The van der Waals surface area contributed by atoms with Crippen LogP contribution in [0.15, 0.2) is 12.3 Å². The van der Waals surface area contributed by atoms with Crippen molar-refractivity contribution in [1.82, 2.24) is 20.4 Å². The molecule has 4 nitrogen and oxygen atoms in total. The summed E-state index contributed by atoms with van der Waals surface area (Å²) in [5.41, 5.74) is 1.02. The molecule has 0 bridgehead atoms. The van der Waals surface area contributed by atoms with Gasteiger partial charge in [-0.2, -0.15) is 5.10 Å². The second kappa shape index (κ2) is 6.48. The molecule has 5 heteroatoms. The molecule has 1 heterocycles. The first-order valence-corrected chi connectivity index (χ1v) is 6.15. The molecule has 0 amide bonds. The number of hydrogen-bond donors (Lipinski definition) is 2. The third kappa shape index (κ3) is 3.81. The Morgan fingerprint density at radius 1 is 1.56 bits per heavy atom. The molecule has 90 valence electrons. The summed E-state index contributed by atoms with van der Waals surface area (Å²) in [6.45, 7) is 8.04. The number of nitrogens with zero attached hydrogens (tertiary/aromatic N) is 2. The Labute approximate surface area is 102 Å². The van der Waals surface area contributed by atoms with E-state index in [0.717, 1.165) is 25.2 Å². The van der Waals surface area contributed by atoms with Gasteiger partial charge < -0.3 is 10.6 Å². The molecule has 0 fully saturated rings. The molecule has 1 rings (SSSR count). The number of thiocarbonyl (C=S) groups is 1. The Hall–Kier alpha value is -1.10. The number of aromatic nitrogens is 2. The third-order valence-electron chi connectivity index (χ3n) is 2.31. The lowest BCUT2D eigenvalue weighted by Crippen LogP contribution is -2.37. The van der Waals surface area contributed by atoms with Crippen LogP contribution in [-0.4, -0.2) is 21.4 Å². The maximum absolute atomic E-state index is 5.17. The molecule has 0 radical (unpaired) electrons. The molecule has 0 saturated heterocycles. The van der Waals surface area contributed by atoms with Crippen molar-refractivity contribution >= 4 is 17.3 Å². The van der Waals surface area contributed by atoms with Crippen LogP contribution in [0.4, 0.5) is 0 Å². The van der Waals surface area contributed by atoms with Gasteiger partial charge in [0.1, 0.15) is 0 Å². The first kappa shape index (κ1) is 13.0. The Balaban J connectivity index is 2.45. The lowest BCUT2D eigenvalue weighted by Gasteiger charge is -2.14. The van der Waals surface area contributed by atoms with Gasteiger partial charge in [0.05, 0.1) is 11.7 Å². The van der Waals surface area contributed by atoms with Crippen molar-refractivity contribution in [2.45, 2.75) is 39.8 Å². The van der Waals surface area contributed by atoms with E-state index in [1.165, 1.54) is 0 Å². The number of rotatable bonds is 5. The van der Waals surface area contributed by atoms with Crippen LogP contribution in [0.5, 0.6) is 0 Å². The standard InChI is InChI=1S/C11H20N4S/c1-4-7-12-11(16)13-9(3)10-6-8-15(5-2)14-10/h6,8-9H,4-5,7H2,1-3H3,(H2,12,13,16). The molecule has 1 aromatic heterocycles. The van der Waals surface area contributed by atoms with Crippen LogP contribution < -0.4 is 10.6 Å². The number of hydrogen-bond acceptors (Lipinski definition) is 2. The minimum absolute atomic E-state index is 0.143. The fraction of sp³-hybridized carbons (Fsp3) is 0.636. The lowest BCUT2D eigenvalue weighted by molar-refractivity contribution is 0.608. The van der Waals surface area contributed by atoms with Gasteiger partial charge in [0.25, 0.3) is 0 Å². The van der Waals surface area contributed by atoms with Crippen molar-refractivity contribution in [3.8, 4) is 0 Å². The van der Waals surface area contributed by atoms with Crippen LogP contribution in [-0.2, 0) is 6.54 Å². The summed E-state index contributed by atoms with van der Waals surface area (Å²) in [5.74, 6) is 0. The largest absolute Gasteiger partial charge is 0.363 e. The predicted molar refractivity (Wildman–Crippen MR) is 70.3 cm³/mol. The monoisotopic (exact) mass is 240 g/mol. The van der Waals surface area contributed by atoms with Gasteiger partial charge >= 0.3 is 0 Å². The molecule has 16 heavy (non-hydrogen) atoms. The van der Waals surface area contributed by atoms with Crippen molar-refractivity contribution in [3.63, 3.8) is 0 Å². The van der Waals surface area contributed by atoms with Gasteiger partial charge in [-0.15, -0.1) is 0 Å². The zero-order valence-corrected chi connectivity index (χ0v) is 11.0. The lowest BCUT2D eigenvalue weighted by atomic mass is 10.2. The van der Waals surface area contributed by atoms with E-state index in [-0.39, 0.29) is 6.04 Å². The van der Waals surface area contributed by atoms with Crippen LogP contribution in [0.2, 0.25) is 0 Å². The Kier molecular flexibility index (Phi) is 5.25. The van der Waals surface area contributed by atoms with Gasteiger partial charge in [-0.05, 0) is 38.6 Å². The molecule has 1 unspecified atom stereocenters. The molecule has 0 aromatic carbocycles. The molecule has 0 aliphatic carbocycles. The van der Waals surface area contributed by atoms with Crippen LogP contribution in [0.25, 0.3) is 0 Å². The average Bonchev–Trinajstić information content (AvgIpc) is 2.74. The van der Waals surface area contributed by atoms with Crippen LogP contribution in [0, 0.1) is 0 Å². The highest BCUT2D eigenvalue weighted by Crippen LogP contribution is 2.08. The zero-order valence-electron chi connectivity index (χ0n) is 10.2. The Bertz CT molecular complexity index is 334. The second-order valence-corrected chi connectivity index (χ2v) is 4.13. The van der Waals surface area contributed by atoms with Gasteiger partial charge in [-0.3, -0.25) is 4.68 Å². The second-order valence-electron chi connectivity index (χ2n) is 3.72. The molecule has 1 aromatic rings. The topological polar surface area (TPSA) is 41.9 Å². The minimum Gasteiger partial charge on any atom is -0.363 e. The van der Waals surface area contributed by atoms with Crippen LogP contribution >= 0.6 is 12.2 Å². The van der Waals surface area contributed by atoms with Crippen LogP contribution in [0.1, 0.15) is 38.9 Å². The summed E-state index contributed by atoms with van der Waals surface area (Å²) in [5, 5.41) is 11.5. The zero-order chi connectivity index (χ0) is 12.0. The number of aryl methyl sites for hydroxylation is 1. The molecule has 2 N–H and O–H groups in total. The first-order valence-electron chi connectivity index (χ1n) is 5.75. The summed E-state index contributed by atoms with van der Waals surface area (Å²) >= 11 is 5.17. The van der Waals surface area contributed by atoms with Gasteiger partial charge in [0, 0.05) is 19.3 Å². The van der Waals surface area contributed by atoms with E-state index in [9.17, 15) is 0 Å². The van der Waals surface area contributed by atoms with E-state index in [2.05, 4.69) is 36.5 Å². The summed E-state index contributed by atoms with van der Waals surface area (Å²) in [6, 6.07) is 2.16. The third-order valence-corrected chi connectivity index (χ3v) is 2.57. The van der Waals surface area contributed by atoms with E-state index in [4.69, 9.17) is 12.2 Å². The normalized spacial score (nSPS) is 12.2. The highest BCUT2D eigenvalue weighted by atomic mass is 32.1. The Morgan fingerprint density at radius 3 is 2.88 bits per heavy atom. The Morgan fingerprint density at radius 2 is 2.31 bits per heavy atom. The fourth-order valence-corrected chi connectivity index (χ4v) is 1.62. The number of nitrogens with one attached hydrogen (secondary N) is 2. The maximum atomic E-state index is 5.17. The van der Waals surface area contributed by atoms with E-state index in [0.29, 0.717) is 5.11 Å². The average molecular weight is 240 g/mol. The molecular formula is C11H20N4S. The van der Waals surface area contributed by atoms with Crippen LogP contribution in [0.3, 0.4) is 0 Å². The molecule has 0 spiro atoms. The van der Waals surface area contributed by atoms with E-state index in [1.54, 1.807) is 0 Å². The SMILES string of the molecule is CCCNC(=S)NC(C)c1ccn(CC)n1. The smallest absolute Gasteiger partial charge is 0.166 e. The summed E-state index contributed by atoms with van der Waals surface area (Å²) in [6.07, 6.45) is 3.05. The molecule has 0 aliphatic heterocycles. The van der Waals surface area contributed by atoms with E-state index in [1.807, 2.05) is 16.9 Å². The van der Waals surface area contributed by atoms with Crippen molar-refractivity contribution in [2.24, 2.45) is 0 Å². The molecule has 0 aliphatic rings. The predicted octanol–water partition coefficient (Wildman–Crippen LogP) is 1.84. The quantitative estimate of drug-likeness (QED) is 0.771. The van der Waals surface area contributed by atoms with Crippen molar-refractivity contribution < 1.29 is 0 Å². The summed E-state index contributed by atoms with van der Waals surface area (Å²) < 4.78 is 1.91. The summed E-state index contributed by atoms with van der Waals surface area (Å²) in [7, 11) is 0. The maximum Gasteiger partial charge on any atom is 0.166 e. The van der Waals surface area contributed by atoms with E-state index >= 15 is 0 Å². The van der Waals surface area contributed by atoms with Crippen molar-refractivity contribution in [3.05, 3.63) is 18.0 Å². The molecule has 0 saturated carbocycles. The van der Waals surface area contributed by atoms with Crippen molar-refractivity contribution in [1.29, 1.82) is 0 Å². The highest BCUT2D eigenvalue weighted by Gasteiger charge is 2.09. The van der Waals surface area contributed by atoms with E-state index < -0.39 is 0 Å². The van der Waals surface area contributed by atoms with Gasteiger partial charge in [-0.1, -0.05) is 6.92 Å². The van der Waals surface area contributed by atoms with Gasteiger partial charge in [0.2, 0.25) is 0 Å². The highest BCUT2D eigenvalue weighted by molar-refractivity contribution is 7.80. The fourth-order valence-electron chi connectivity index (χ4n) is 1.34. The van der Waals surface area contributed by atoms with Gasteiger partial charge in [-0.25, -0.2) is 0 Å². The minimum atomic E-state index is 0.143. The van der Waals surface area contributed by atoms with Crippen molar-refractivity contribution in [2.75, 3.05) is 6.54 Å². The molecular weight excluding hydrogens is 220 g/mol.